The molecule has 0 amide bonds. The Morgan fingerprint density at radius 3 is 2.68 bits per heavy atom. The van der Waals surface area contributed by atoms with Gasteiger partial charge in [0.05, 0.1) is 23.4 Å². The molecule has 0 aromatic heterocycles. The molecule has 1 atom stereocenters. The van der Waals surface area contributed by atoms with Crippen LogP contribution in [0.25, 0.3) is 0 Å². The van der Waals surface area contributed by atoms with Gasteiger partial charge < -0.3 is 15.8 Å². The second-order valence-electron chi connectivity index (χ2n) is 5.17. The summed E-state index contributed by atoms with van der Waals surface area (Å²) in [4.78, 5) is 4.32. The molecule has 1 aliphatic carbocycles. The van der Waals surface area contributed by atoms with E-state index in [1.165, 1.54) is 0 Å². The van der Waals surface area contributed by atoms with Crippen molar-refractivity contribution in [3.8, 4) is 5.75 Å². The summed E-state index contributed by atoms with van der Waals surface area (Å²) in [5.74, 6) is 0.903. The fourth-order valence-corrected chi connectivity index (χ4v) is 3.64. The average molecular weight is 458 g/mol. The largest absolute Gasteiger partial charge is 0.495 e. The van der Waals surface area contributed by atoms with Gasteiger partial charge in [-0.1, -0.05) is 18.0 Å². The highest BCUT2D eigenvalue weighted by molar-refractivity contribution is 14.0. The van der Waals surface area contributed by atoms with Crippen molar-refractivity contribution in [2.24, 2.45) is 10.7 Å². The molecule has 1 aromatic rings. The van der Waals surface area contributed by atoms with Crippen LogP contribution in [0, 0.1) is 0 Å². The van der Waals surface area contributed by atoms with E-state index in [0.29, 0.717) is 23.3 Å². The third kappa shape index (κ3) is 4.48. The summed E-state index contributed by atoms with van der Waals surface area (Å²) < 4.78 is 16.7. The highest BCUT2D eigenvalue weighted by Gasteiger charge is 2.40. The molecule has 0 spiro atoms. The first-order valence-corrected chi connectivity index (χ1v) is 8.64. The topological polar surface area (TPSA) is 76.7 Å². The molecule has 1 fully saturated rings. The number of nitrogens with one attached hydrogen (secondary N) is 1. The van der Waals surface area contributed by atoms with E-state index in [0.717, 1.165) is 24.9 Å². The lowest BCUT2D eigenvalue weighted by Crippen LogP contribution is -2.44. The predicted octanol–water partition coefficient (Wildman–Crippen LogP) is 2.99. The second-order valence-corrected chi connectivity index (χ2v) is 7.35. The lowest BCUT2D eigenvalue weighted by molar-refractivity contribution is 0.361. The van der Waals surface area contributed by atoms with Crippen molar-refractivity contribution >= 4 is 58.0 Å². The molecule has 22 heavy (non-hydrogen) atoms. The van der Waals surface area contributed by atoms with Crippen LogP contribution in [0.15, 0.2) is 23.2 Å². The van der Waals surface area contributed by atoms with Gasteiger partial charge in [0.15, 0.2) is 5.96 Å². The lowest BCUT2D eigenvalue weighted by Gasteiger charge is -2.38. The van der Waals surface area contributed by atoms with Gasteiger partial charge >= 0.3 is 0 Å². The fraction of sp³-hybridized carbons (Fsp3) is 0.500. The Morgan fingerprint density at radius 1 is 1.55 bits per heavy atom. The number of guanidine groups is 1. The normalized spacial score (nSPS) is 17.9. The number of methoxy groups -OCH3 is 1. The summed E-state index contributed by atoms with van der Waals surface area (Å²) in [7, 11) is 0.681. The molecule has 1 saturated carbocycles. The summed E-state index contributed by atoms with van der Waals surface area (Å²) >= 11 is 6.05. The third-order valence-electron chi connectivity index (χ3n) is 3.84. The van der Waals surface area contributed by atoms with Crippen molar-refractivity contribution in [3.05, 3.63) is 23.2 Å². The highest BCUT2D eigenvalue weighted by atomic mass is 127. The Bertz CT molecular complexity index is 579. The summed E-state index contributed by atoms with van der Waals surface area (Å²) in [5, 5.41) is 3.48. The van der Waals surface area contributed by atoms with Gasteiger partial charge in [-0.15, -0.1) is 24.0 Å². The predicted molar refractivity (Wildman–Crippen MR) is 104 cm³/mol. The van der Waals surface area contributed by atoms with Gasteiger partial charge in [-0.3, -0.25) is 9.20 Å². The molecule has 1 aromatic carbocycles. The zero-order chi connectivity index (χ0) is 15.5. The van der Waals surface area contributed by atoms with Gasteiger partial charge in [0, 0.05) is 22.7 Å². The zero-order valence-electron chi connectivity index (χ0n) is 12.6. The standard InChI is InChI=1S/C14H20ClN3O2S.HI/c1-20-12-5-4-10(8-11(12)15)18-13(16)17-9-14(21(2)19)6-3-7-14;/h4-5,8H,3,6-7,9H2,1-2H3,(H3,16,17,18);1H. The van der Waals surface area contributed by atoms with E-state index in [1.54, 1.807) is 25.5 Å². The number of rotatable bonds is 5. The summed E-state index contributed by atoms with van der Waals surface area (Å²) in [6, 6.07) is 5.29. The van der Waals surface area contributed by atoms with Gasteiger partial charge in [0.2, 0.25) is 0 Å². The van der Waals surface area contributed by atoms with Gasteiger partial charge in [-0.2, -0.15) is 0 Å². The molecule has 0 radical (unpaired) electrons. The van der Waals surface area contributed by atoms with Crippen LogP contribution in [0.3, 0.4) is 0 Å². The van der Waals surface area contributed by atoms with Crippen molar-refractivity contribution in [3.63, 3.8) is 0 Å². The number of nitrogens with zero attached hydrogens (tertiary/aromatic N) is 1. The molecule has 0 heterocycles. The van der Waals surface area contributed by atoms with Crippen molar-refractivity contribution in [2.45, 2.75) is 24.0 Å². The van der Waals surface area contributed by atoms with Gasteiger partial charge in [0.1, 0.15) is 5.75 Å². The maximum absolute atomic E-state index is 11.8. The maximum Gasteiger partial charge on any atom is 0.193 e. The lowest BCUT2D eigenvalue weighted by atomic mass is 9.84. The van der Waals surface area contributed by atoms with E-state index in [9.17, 15) is 4.21 Å². The van der Waals surface area contributed by atoms with Crippen LogP contribution in [0.5, 0.6) is 5.75 Å². The first-order valence-electron chi connectivity index (χ1n) is 6.71. The summed E-state index contributed by atoms with van der Waals surface area (Å²) in [6.07, 6.45) is 4.74. The number of nitrogens with two attached hydrogens (primary N) is 1. The Hall–Kier alpha value is -0.540. The molecular formula is C14H21ClIN3O2S. The van der Waals surface area contributed by atoms with E-state index in [1.807, 2.05) is 6.07 Å². The van der Waals surface area contributed by atoms with Crippen molar-refractivity contribution in [2.75, 3.05) is 25.2 Å². The van der Waals surface area contributed by atoms with Gasteiger partial charge in [-0.05, 0) is 31.0 Å². The second kappa shape index (κ2) is 8.35. The molecule has 1 unspecified atom stereocenters. The first-order chi connectivity index (χ1) is 9.97. The number of ether oxygens (including phenoxy) is 1. The smallest absolute Gasteiger partial charge is 0.193 e. The Labute approximate surface area is 155 Å². The molecule has 124 valence electrons. The van der Waals surface area contributed by atoms with Crippen LogP contribution in [-0.2, 0) is 10.8 Å². The van der Waals surface area contributed by atoms with Crippen molar-refractivity contribution in [1.29, 1.82) is 0 Å². The van der Waals surface area contributed by atoms with Crippen molar-refractivity contribution in [1.82, 2.24) is 0 Å². The molecule has 1 aliphatic rings. The molecule has 0 bridgehead atoms. The molecule has 2 rings (SSSR count). The fourth-order valence-electron chi connectivity index (χ4n) is 2.27. The molecule has 0 saturated heterocycles. The van der Waals surface area contributed by atoms with E-state index < -0.39 is 10.8 Å². The number of aliphatic imine (C=N–C) groups is 1. The molecule has 3 N–H and O–H groups in total. The SMILES string of the molecule is COc1ccc(NC(N)=NCC2(S(C)=O)CCC2)cc1Cl.I. The minimum atomic E-state index is -0.881. The Kier molecular flexibility index (Phi) is 7.40. The molecule has 5 nitrogen and oxygen atoms in total. The number of hydrogen-bond acceptors (Lipinski definition) is 3. The van der Waals surface area contributed by atoms with Gasteiger partial charge in [-0.25, -0.2) is 0 Å². The highest BCUT2D eigenvalue weighted by Crippen LogP contribution is 2.37. The third-order valence-corrected chi connectivity index (χ3v) is 5.89. The number of benzene rings is 1. The average Bonchev–Trinajstić information content (AvgIpc) is 2.37. The minimum Gasteiger partial charge on any atom is -0.495 e. The van der Waals surface area contributed by atoms with Crippen LogP contribution in [0.2, 0.25) is 5.02 Å². The molecule has 8 heteroatoms. The summed E-state index contributed by atoms with van der Waals surface area (Å²) in [5.41, 5.74) is 6.62. The minimum absolute atomic E-state index is 0. The van der Waals surface area contributed by atoms with E-state index in [4.69, 9.17) is 22.1 Å². The summed E-state index contributed by atoms with van der Waals surface area (Å²) in [6.45, 7) is 0.485. The van der Waals surface area contributed by atoms with E-state index >= 15 is 0 Å². The van der Waals surface area contributed by atoms with Gasteiger partial charge in [0.25, 0.3) is 0 Å². The van der Waals surface area contributed by atoms with Crippen LogP contribution in [-0.4, -0.2) is 34.8 Å². The Morgan fingerprint density at radius 2 is 2.23 bits per heavy atom. The van der Waals surface area contributed by atoms with Crippen LogP contribution >= 0.6 is 35.6 Å². The van der Waals surface area contributed by atoms with E-state index in [-0.39, 0.29) is 28.7 Å². The number of hydrogen-bond donors (Lipinski definition) is 2. The zero-order valence-corrected chi connectivity index (χ0v) is 16.5. The number of anilines is 1. The van der Waals surface area contributed by atoms with Crippen molar-refractivity contribution < 1.29 is 8.95 Å². The van der Waals surface area contributed by atoms with Crippen LogP contribution < -0.4 is 15.8 Å². The maximum atomic E-state index is 11.8. The quantitative estimate of drug-likeness (QED) is 0.405. The molecule has 0 aliphatic heterocycles. The van der Waals surface area contributed by atoms with Crippen LogP contribution in [0.4, 0.5) is 5.69 Å². The first kappa shape index (κ1) is 19.5. The number of halogens is 2. The van der Waals surface area contributed by atoms with E-state index in [2.05, 4.69) is 10.3 Å². The molecular weight excluding hydrogens is 437 g/mol. The Balaban J connectivity index is 0.00000242. The monoisotopic (exact) mass is 457 g/mol. The van der Waals surface area contributed by atoms with Crippen LogP contribution in [0.1, 0.15) is 19.3 Å².